The van der Waals surface area contributed by atoms with Gasteiger partial charge in [0.05, 0.1) is 16.8 Å². The number of benzene rings is 11. The highest BCUT2D eigenvalue weighted by molar-refractivity contribution is 6.23. The molecule has 0 fully saturated rings. The molecular formula is C65H41NO. The SMILES string of the molecule is c1ccc(-c2ccccc2-c2cccc3oc4c5ccccc5c(N(c5ccc6c(c5)C5(c7ccccc7-c7ccccc75)c5ccccc5-6)c5ccccc5-c5ccccc5)cc4c23)cc1. The van der Waals surface area contributed by atoms with E-state index < -0.39 is 5.41 Å². The summed E-state index contributed by atoms with van der Waals surface area (Å²) in [7, 11) is 0. The van der Waals surface area contributed by atoms with Gasteiger partial charge in [-0.15, -0.1) is 0 Å². The van der Waals surface area contributed by atoms with E-state index in [9.17, 15) is 0 Å². The molecular weight excluding hydrogens is 811 g/mol. The second-order valence-electron chi connectivity index (χ2n) is 17.8. The summed E-state index contributed by atoms with van der Waals surface area (Å²) < 4.78 is 7.02. The number of hydrogen-bond donors (Lipinski definition) is 0. The van der Waals surface area contributed by atoms with Crippen LogP contribution in [0.15, 0.2) is 253 Å². The van der Waals surface area contributed by atoms with Crippen LogP contribution in [0.25, 0.3) is 88.3 Å². The standard InChI is InChI=1S/C65H41NO/c1-3-20-42(21-4-1)45-24-7-8-26-47(45)53-32-19-37-62-63(53)55-41-61(52-30-9-10-31-54(52)64(55)67-62)66(60-36-18-14-25-46(60)43-22-5-2-6-23-43)44-38-39-51-50-29-13-17-35-58(50)65(59(51)40-44)56-33-15-11-27-48(56)49-28-12-16-34-57(49)65/h1-41H. The third-order valence-corrected chi connectivity index (χ3v) is 14.5. The summed E-state index contributed by atoms with van der Waals surface area (Å²) in [4.78, 5) is 2.52. The van der Waals surface area contributed by atoms with E-state index in [0.29, 0.717) is 0 Å². The summed E-state index contributed by atoms with van der Waals surface area (Å²) in [6.07, 6.45) is 0. The molecule has 14 rings (SSSR count). The van der Waals surface area contributed by atoms with Gasteiger partial charge in [0, 0.05) is 32.8 Å². The number of rotatable bonds is 6. The molecule has 11 aromatic carbocycles. The Labute approximate surface area is 389 Å². The Kier molecular flexibility index (Phi) is 8.23. The maximum absolute atomic E-state index is 7.02. The van der Waals surface area contributed by atoms with Crippen LogP contribution in [0.5, 0.6) is 0 Å². The molecule has 0 saturated carbocycles. The molecule has 0 unspecified atom stereocenters. The zero-order valence-electron chi connectivity index (χ0n) is 36.5. The molecule has 1 heterocycles. The van der Waals surface area contributed by atoms with E-state index in [4.69, 9.17) is 4.42 Å². The first-order chi connectivity index (χ1) is 33.3. The molecule has 0 aliphatic heterocycles. The second-order valence-corrected chi connectivity index (χ2v) is 17.8. The molecule has 0 saturated heterocycles. The third-order valence-electron chi connectivity index (χ3n) is 14.5. The molecule has 12 aromatic rings. The molecule has 2 aliphatic rings. The number of anilines is 3. The van der Waals surface area contributed by atoms with E-state index >= 15 is 0 Å². The molecule has 0 N–H and O–H groups in total. The highest BCUT2D eigenvalue weighted by atomic mass is 16.3. The summed E-state index contributed by atoms with van der Waals surface area (Å²) in [5.41, 5.74) is 21.9. The molecule has 0 amide bonds. The largest absolute Gasteiger partial charge is 0.455 e. The van der Waals surface area contributed by atoms with Gasteiger partial charge in [0.15, 0.2) is 0 Å². The van der Waals surface area contributed by atoms with Crippen LogP contribution in [-0.2, 0) is 5.41 Å². The van der Waals surface area contributed by atoms with Crippen molar-refractivity contribution in [3.63, 3.8) is 0 Å². The van der Waals surface area contributed by atoms with Crippen LogP contribution < -0.4 is 4.90 Å². The fraction of sp³-hybridized carbons (Fsp3) is 0.0154. The molecule has 2 heteroatoms. The molecule has 67 heavy (non-hydrogen) atoms. The van der Waals surface area contributed by atoms with E-state index in [-0.39, 0.29) is 0 Å². The minimum Gasteiger partial charge on any atom is -0.455 e. The van der Waals surface area contributed by atoms with Gasteiger partial charge in [-0.25, -0.2) is 0 Å². The number of nitrogens with zero attached hydrogens (tertiary/aromatic N) is 1. The van der Waals surface area contributed by atoms with Crippen molar-refractivity contribution in [1.82, 2.24) is 0 Å². The number of hydrogen-bond acceptors (Lipinski definition) is 2. The summed E-state index contributed by atoms with van der Waals surface area (Å²) in [5, 5.41) is 4.36. The van der Waals surface area contributed by atoms with Gasteiger partial charge >= 0.3 is 0 Å². The van der Waals surface area contributed by atoms with Crippen LogP contribution in [0, 0.1) is 0 Å². The van der Waals surface area contributed by atoms with Gasteiger partial charge in [0.1, 0.15) is 11.2 Å². The molecule has 0 atom stereocenters. The van der Waals surface area contributed by atoms with Crippen LogP contribution in [0.4, 0.5) is 17.1 Å². The molecule has 0 bridgehead atoms. The van der Waals surface area contributed by atoms with Crippen molar-refractivity contribution < 1.29 is 4.42 Å². The first-order valence-electron chi connectivity index (χ1n) is 23.2. The smallest absolute Gasteiger partial charge is 0.143 e. The van der Waals surface area contributed by atoms with Gasteiger partial charge in [0.25, 0.3) is 0 Å². The van der Waals surface area contributed by atoms with E-state index in [1.54, 1.807) is 0 Å². The Bertz CT molecular complexity index is 3870. The maximum atomic E-state index is 7.02. The van der Waals surface area contributed by atoms with Crippen LogP contribution in [-0.4, -0.2) is 0 Å². The molecule has 2 nitrogen and oxygen atoms in total. The van der Waals surface area contributed by atoms with Crippen LogP contribution in [0.1, 0.15) is 22.3 Å². The first-order valence-corrected chi connectivity index (χ1v) is 23.2. The summed E-state index contributed by atoms with van der Waals surface area (Å²) in [6, 6.07) is 91.2. The Morgan fingerprint density at radius 2 is 0.791 bits per heavy atom. The van der Waals surface area contributed by atoms with Crippen LogP contribution in [0.2, 0.25) is 0 Å². The normalized spacial score (nSPS) is 12.9. The average molecular weight is 852 g/mol. The van der Waals surface area contributed by atoms with Gasteiger partial charge < -0.3 is 9.32 Å². The molecule has 1 aromatic heterocycles. The van der Waals surface area contributed by atoms with E-state index in [0.717, 1.165) is 66.5 Å². The fourth-order valence-corrected chi connectivity index (χ4v) is 11.8. The zero-order valence-corrected chi connectivity index (χ0v) is 36.5. The lowest BCUT2D eigenvalue weighted by Gasteiger charge is -2.33. The van der Waals surface area contributed by atoms with Crippen molar-refractivity contribution in [2.75, 3.05) is 4.90 Å². The topological polar surface area (TPSA) is 16.4 Å². The first kappa shape index (κ1) is 37.6. The zero-order chi connectivity index (χ0) is 44.1. The lowest BCUT2D eigenvalue weighted by Crippen LogP contribution is -2.26. The van der Waals surface area contributed by atoms with Crippen molar-refractivity contribution in [3.8, 4) is 55.6 Å². The molecule has 2 aliphatic carbocycles. The second kappa shape index (κ2) is 14.7. The predicted octanol–water partition coefficient (Wildman–Crippen LogP) is 17.6. The monoisotopic (exact) mass is 851 g/mol. The van der Waals surface area contributed by atoms with Gasteiger partial charge in [0.2, 0.25) is 0 Å². The number of fused-ring (bicyclic) bond motifs is 15. The van der Waals surface area contributed by atoms with Crippen molar-refractivity contribution in [1.29, 1.82) is 0 Å². The Morgan fingerprint density at radius 1 is 0.299 bits per heavy atom. The Balaban J connectivity index is 1.09. The minimum absolute atomic E-state index is 0.492. The Hall–Kier alpha value is -8.72. The lowest BCUT2D eigenvalue weighted by molar-refractivity contribution is 0.673. The van der Waals surface area contributed by atoms with Gasteiger partial charge in [-0.2, -0.15) is 0 Å². The van der Waals surface area contributed by atoms with Crippen LogP contribution in [0.3, 0.4) is 0 Å². The average Bonchev–Trinajstić information content (AvgIpc) is 4.04. The van der Waals surface area contributed by atoms with Crippen LogP contribution >= 0.6 is 0 Å². The number of para-hydroxylation sites is 1. The van der Waals surface area contributed by atoms with Crippen molar-refractivity contribution >= 4 is 49.8 Å². The minimum atomic E-state index is -0.492. The van der Waals surface area contributed by atoms with Gasteiger partial charge in [-0.05, 0) is 103 Å². The van der Waals surface area contributed by atoms with Crippen molar-refractivity contribution in [2.45, 2.75) is 5.41 Å². The summed E-state index contributed by atoms with van der Waals surface area (Å²) >= 11 is 0. The number of furan rings is 1. The highest BCUT2D eigenvalue weighted by Gasteiger charge is 2.51. The van der Waals surface area contributed by atoms with E-state index in [1.807, 2.05) is 0 Å². The molecule has 1 spiro atoms. The predicted molar refractivity (Wildman–Crippen MR) is 279 cm³/mol. The van der Waals surface area contributed by atoms with Gasteiger partial charge in [-0.1, -0.05) is 218 Å². The molecule has 312 valence electrons. The van der Waals surface area contributed by atoms with E-state index in [2.05, 4.69) is 254 Å². The Morgan fingerprint density at radius 3 is 1.45 bits per heavy atom. The fourth-order valence-electron chi connectivity index (χ4n) is 11.8. The molecule has 0 radical (unpaired) electrons. The summed E-state index contributed by atoms with van der Waals surface area (Å²) in [5.74, 6) is 0. The third kappa shape index (κ3) is 5.39. The van der Waals surface area contributed by atoms with Crippen molar-refractivity contribution in [3.05, 3.63) is 271 Å². The quantitative estimate of drug-likeness (QED) is 0.166. The van der Waals surface area contributed by atoms with Crippen molar-refractivity contribution in [2.24, 2.45) is 0 Å². The van der Waals surface area contributed by atoms with Gasteiger partial charge in [-0.3, -0.25) is 0 Å². The van der Waals surface area contributed by atoms with E-state index in [1.165, 1.54) is 61.2 Å². The maximum Gasteiger partial charge on any atom is 0.143 e. The summed E-state index contributed by atoms with van der Waals surface area (Å²) in [6.45, 7) is 0. The highest BCUT2D eigenvalue weighted by Crippen LogP contribution is 2.63. The lowest BCUT2D eigenvalue weighted by atomic mass is 9.70.